The van der Waals surface area contributed by atoms with Crippen molar-refractivity contribution in [2.75, 3.05) is 18.8 Å². The molecule has 1 heterocycles. The normalized spacial score (nSPS) is 13.3. The molecule has 0 bridgehead atoms. The molecule has 0 aliphatic rings. The van der Waals surface area contributed by atoms with Crippen LogP contribution in [0.4, 0.5) is 6.01 Å². The summed E-state index contributed by atoms with van der Waals surface area (Å²) in [6.07, 6.45) is 2.24. The van der Waals surface area contributed by atoms with Crippen molar-refractivity contribution < 1.29 is 4.42 Å². The van der Waals surface area contributed by atoms with Gasteiger partial charge in [-0.3, -0.25) is 4.90 Å². The number of rotatable bonds is 6. The summed E-state index contributed by atoms with van der Waals surface area (Å²) >= 11 is 0. The smallest absolute Gasteiger partial charge is 0.312 e. The van der Waals surface area contributed by atoms with Crippen molar-refractivity contribution in [2.24, 2.45) is 0 Å². The van der Waals surface area contributed by atoms with Gasteiger partial charge in [0.05, 0.1) is 6.04 Å². The van der Waals surface area contributed by atoms with E-state index in [2.05, 4.69) is 35.9 Å². The third-order valence-corrected chi connectivity index (χ3v) is 2.38. The highest BCUT2D eigenvalue weighted by atomic mass is 16.4. The molecule has 86 valence electrons. The third kappa shape index (κ3) is 3.20. The van der Waals surface area contributed by atoms with Gasteiger partial charge in [-0.1, -0.05) is 18.9 Å². The molecule has 15 heavy (non-hydrogen) atoms. The molecule has 1 rings (SSSR count). The number of hydrogen-bond acceptors (Lipinski definition) is 5. The van der Waals surface area contributed by atoms with Crippen LogP contribution in [-0.4, -0.2) is 28.2 Å². The van der Waals surface area contributed by atoms with Crippen LogP contribution < -0.4 is 5.73 Å². The van der Waals surface area contributed by atoms with E-state index in [-0.39, 0.29) is 12.1 Å². The van der Waals surface area contributed by atoms with Gasteiger partial charge in [0.15, 0.2) is 0 Å². The Balaban J connectivity index is 2.66. The van der Waals surface area contributed by atoms with Gasteiger partial charge in [0, 0.05) is 0 Å². The second-order valence-electron chi connectivity index (χ2n) is 3.69. The lowest BCUT2D eigenvalue weighted by Crippen LogP contribution is -2.28. The number of nitrogens with zero attached hydrogens (tertiary/aromatic N) is 3. The van der Waals surface area contributed by atoms with Gasteiger partial charge in [-0.15, -0.1) is 5.10 Å². The van der Waals surface area contributed by atoms with E-state index in [4.69, 9.17) is 10.2 Å². The molecule has 0 amide bonds. The lowest BCUT2D eigenvalue weighted by Gasteiger charge is -2.25. The molecule has 0 aliphatic carbocycles. The highest BCUT2D eigenvalue weighted by molar-refractivity contribution is 5.06. The fraction of sp³-hybridized carbons (Fsp3) is 0.800. The average molecular weight is 212 g/mol. The fourth-order valence-electron chi connectivity index (χ4n) is 1.65. The first-order valence-electron chi connectivity index (χ1n) is 5.52. The summed E-state index contributed by atoms with van der Waals surface area (Å²) in [6, 6.07) is 0.291. The van der Waals surface area contributed by atoms with Gasteiger partial charge in [0.2, 0.25) is 5.89 Å². The van der Waals surface area contributed by atoms with Gasteiger partial charge >= 0.3 is 6.01 Å². The maximum atomic E-state index is 5.41. The van der Waals surface area contributed by atoms with Crippen LogP contribution in [0.3, 0.4) is 0 Å². The zero-order valence-corrected chi connectivity index (χ0v) is 9.73. The minimum atomic E-state index is 0.143. The summed E-state index contributed by atoms with van der Waals surface area (Å²) in [5, 5.41) is 7.59. The first-order valence-corrected chi connectivity index (χ1v) is 5.52. The summed E-state index contributed by atoms with van der Waals surface area (Å²) in [6.45, 7) is 8.47. The van der Waals surface area contributed by atoms with Crippen molar-refractivity contribution in [3.8, 4) is 0 Å². The van der Waals surface area contributed by atoms with Crippen molar-refractivity contribution in [2.45, 2.75) is 39.7 Å². The molecule has 1 atom stereocenters. The van der Waals surface area contributed by atoms with Crippen LogP contribution >= 0.6 is 0 Å². The van der Waals surface area contributed by atoms with Gasteiger partial charge in [0.25, 0.3) is 0 Å². The van der Waals surface area contributed by atoms with Crippen LogP contribution in [0.2, 0.25) is 0 Å². The van der Waals surface area contributed by atoms with Crippen molar-refractivity contribution in [3.05, 3.63) is 5.89 Å². The van der Waals surface area contributed by atoms with Gasteiger partial charge < -0.3 is 10.2 Å². The summed E-state index contributed by atoms with van der Waals surface area (Å²) in [5.41, 5.74) is 5.41. The van der Waals surface area contributed by atoms with Gasteiger partial charge in [-0.25, -0.2) is 0 Å². The molecule has 2 N–H and O–H groups in total. The van der Waals surface area contributed by atoms with Crippen LogP contribution in [-0.2, 0) is 0 Å². The molecule has 0 aliphatic heterocycles. The third-order valence-electron chi connectivity index (χ3n) is 2.38. The molecule has 0 saturated carbocycles. The molecule has 0 saturated heterocycles. The van der Waals surface area contributed by atoms with Crippen LogP contribution in [0.25, 0.3) is 0 Å². The average Bonchev–Trinajstić information content (AvgIpc) is 2.63. The predicted molar refractivity (Wildman–Crippen MR) is 59.3 cm³/mol. The Hall–Kier alpha value is -1.10. The largest absolute Gasteiger partial charge is 0.407 e. The summed E-state index contributed by atoms with van der Waals surface area (Å²) in [4.78, 5) is 2.33. The quantitative estimate of drug-likeness (QED) is 0.779. The molecule has 1 aromatic rings. The Morgan fingerprint density at radius 3 is 2.27 bits per heavy atom. The second-order valence-corrected chi connectivity index (χ2v) is 3.69. The molecule has 5 heteroatoms. The van der Waals surface area contributed by atoms with Crippen molar-refractivity contribution >= 4 is 6.01 Å². The number of anilines is 1. The van der Waals surface area contributed by atoms with Crippen LogP contribution in [0.5, 0.6) is 0 Å². The lowest BCUT2D eigenvalue weighted by molar-refractivity contribution is 0.184. The molecule has 0 spiro atoms. The fourth-order valence-corrected chi connectivity index (χ4v) is 1.65. The molecule has 1 aromatic heterocycles. The van der Waals surface area contributed by atoms with Crippen LogP contribution in [0, 0.1) is 0 Å². The first kappa shape index (κ1) is 12.0. The minimum Gasteiger partial charge on any atom is -0.407 e. The van der Waals surface area contributed by atoms with E-state index >= 15 is 0 Å². The van der Waals surface area contributed by atoms with Crippen molar-refractivity contribution in [3.63, 3.8) is 0 Å². The summed E-state index contributed by atoms with van der Waals surface area (Å²) in [7, 11) is 0. The van der Waals surface area contributed by atoms with E-state index in [9.17, 15) is 0 Å². The lowest BCUT2D eigenvalue weighted by atomic mass is 10.2. The molecule has 1 unspecified atom stereocenters. The number of nitrogens with two attached hydrogens (primary N) is 1. The summed E-state index contributed by atoms with van der Waals surface area (Å²) in [5.74, 6) is 0.606. The standard InChI is InChI=1S/C10H20N4O/c1-4-6-14(7-5-2)8(3)9-12-13-10(11)15-9/h8H,4-7H2,1-3H3,(H2,11,13). The Kier molecular flexibility index (Phi) is 4.55. The second kappa shape index (κ2) is 5.70. The number of aromatic nitrogens is 2. The van der Waals surface area contributed by atoms with E-state index in [0.717, 1.165) is 25.9 Å². The van der Waals surface area contributed by atoms with E-state index < -0.39 is 0 Å². The zero-order chi connectivity index (χ0) is 11.3. The highest BCUT2D eigenvalue weighted by Gasteiger charge is 2.19. The molecule has 5 nitrogen and oxygen atoms in total. The zero-order valence-electron chi connectivity index (χ0n) is 9.73. The maximum absolute atomic E-state index is 5.41. The Morgan fingerprint density at radius 1 is 1.27 bits per heavy atom. The van der Waals surface area contributed by atoms with Gasteiger partial charge in [0.1, 0.15) is 0 Å². The number of nitrogen functional groups attached to an aromatic ring is 1. The van der Waals surface area contributed by atoms with E-state index in [0.29, 0.717) is 5.89 Å². The van der Waals surface area contributed by atoms with Gasteiger partial charge in [-0.2, -0.15) is 0 Å². The molecule has 0 radical (unpaired) electrons. The topological polar surface area (TPSA) is 68.2 Å². The van der Waals surface area contributed by atoms with E-state index in [1.807, 2.05) is 0 Å². The molecular formula is C10H20N4O. The SMILES string of the molecule is CCCN(CCC)C(C)c1nnc(N)o1. The van der Waals surface area contributed by atoms with E-state index in [1.54, 1.807) is 0 Å². The van der Waals surface area contributed by atoms with E-state index in [1.165, 1.54) is 0 Å². The Bertz CT molecular complexity index is 281. The van der Waals surface area contributed by atoms with Gasteiger partial charge in [-0.05, 0) is 32.9 Å². The Morgan fingerprint density at radius 2 is 1.87 bits per heavy atom. The predicted octanol–water partition coefficient (Wildman–Crippen LogP) is 1.83. The van der Waals surface area contributed by atoms with Crippen LogP contribution in [0.1, 0.15) is 45.5 Å². The number of hydrogen-bond donors (Lipinski definition) is 1. The minimum absolute atomic E-state index is 0.143. The highest BCUT2D eigenvalue weighted by Crippen LogP contribution is 2.19. The maximum Gasteiger partial charge on any atom is 0.312 e. The Labute approximate surface area is 90.7 Å². The first-order chi connectivity index (χ1) is 7.19. The molecular weight excluding hydrogens is 192 g/mol. The van der Waals surface area contributed by atoms with Crippen molar-refractivity contribution in [1.29, 1.82) is 0 Å². The monoisotopic (exact) mass is 212 g/mol. The van der Waals surface area contributed by atoms with Crippen molar-refractivity contribution in [1.82, 2.24) is 15.1 Å². The van der Waals surface area contributed by atoms with Crippen LogP contribution in [0.15, 0.2) is 4.42 Å². The summed E-state index contributed by atoms with van der Waals surface area (Å²) < 4.78 is 5.23. The molecule has 0 aromatic carbocycles. The molecule has 0 fully saturated rings.